The summed E-state index contributed by atoms with van der Waals surface area (Å²) in [7, 11) is 0. The lowest BCUT2D eigenvalue weighted by molar-refractivity contribution is -0.145. The molecular weight excluding hydrogens is 148 g/mol. The summed E-state index contributed by atoms with van der Waals surface area (Å²) in [5.41, 5.74) is 2.03. The molecule has 1 N–H and O–H groups in total. The van der Waals surface area contributed by atoms with Gasteiger partial charge in [-0.05, 0) is 0 Å². The monoisotopic (exact) mass is 156 g/mol. The minimum absolute atomic E-state index is 0.180. The minimum atomic E-state index is -0.352. The normalized spacial score (nSPS) is 24.1. The fraction of sp³-hybridized carbons (Fsp3) is 0.500. The maximum Gasteiger partial charge on any atom is 0.251 e. The Hall–Kier alpha value is -1.39. The van der Waals surface area contributed by atoms with Crippen LogP contribution in [0, 0.1) is 5.92 Å². The fourth-order valence-corrected chi connectivity index (χ4v) is 0.972. The summed E-state index contributed by atoms with van der Waals surface area (Å²) >= 11 is 0. The van der Waals surface area contributed by atoms with Crippen LogP contribution >= 0.6 is 0 Å². The van der Waals surface area contributed by atoms with Crippen LogP contribution in [0.3, 0.4) is 0 Å². The Bertz CT molecular complexity index is 214. The van der Waals surface area contributed by atoms with Crippen LogP contribution in [0.2, 0.25) is 0 Å². The van der Waals surface area contributed by atoms with Crippen molar-refractivity contribution in [2.75, 3.05) is 0 Å². The molecule has 0 aromatic carbocycles. The molecule has 60 valence electrons. The molecule has 0 aromatic heterocycles. The second-order valence-electron chi connectivity index (χ2n) is 2.42. The zero-order chi connectivity index (χ0) is 8.43. The molecule has 1 fully saturated rings. The fourth-order valence-electron chi connectivity index (χ4n) is 0.972. The SMILES string of the molecule is CC1CC(=O)N(NC=O)C1=O. The lowest BCUT2D eigenvalue weighted by Crippen LogP contribution is -2.41. The Kier molecular flexibility index (Phi) is 1.89. The van der Waals surface area contributed by atoms with Gasteiger partial charge >= 0.3 is 0 Å². The molecule has 0 spiro atoms. The minimum Gasteiger partial charge on any atom is -0.277 e. The van der Waals surface area contributed by atoms with Crippen molar-refractivity contribution in [1.82, 2.24) is 10.4 Å². The number of rotatable bonds is 2. The van der Waals surface area contributed by atoms with Gasteiger partial charge in [0, 0.05) is 12.3 Å². The summed E-state index contributed by atoms with van der Waals surface area (Å²) in [5, 5.41) is 0.748. The van der Waals surface area contributed by atoms with Gasteiger partial charge in [-0.25, -0.2) is 0 Å². The standard InChI is InChI=1S/C6H8N2O3/c1-4-2-5(10)8(6(4)11)7-3-9/h3-4H,2H2,1H3,(H,7,9). The van der Waals surface area contributed by atoms with Crippen LogP contribution in [-0.4, -0.2) is 23.2 Å². The molecule has 5 nitrogen and oxygen atoms in total. The Morgan fingerprint density at radius 3 is 2.64 bits per heavy atom. The first-order valence-electron chi connectivity index (χ1n) is 3.23. The molecule has 0 aliphatic carbocycles. The van der Waals surface area contributed by atoms with E-state index in [-0.39, 0.29) is 24.2 Å². The number of hydrogen-bond acceptors (Lipinski definition) is 3. The van der Waals surface area contributed by atoms with Crippen LogP contribution in [-0.2, 0) is 14.4 Å². The Morgan fingerprint density at radius 1 is 1.64 bits per heavy atom. The molecule has 1 aliphatic rings. The maximum absolute atomic E-state index is 11.0. The van der Waals surface area contributed by atoms with Crippen molar-refractivity contribution in [2.24, 2.45) is 5.92 Å². The Labute approximate surface area is 63.3 Å². The molecule has 0 bridgehead atoms. The average molecular weight is 156 g/mol. The molecule has 0 aromatic rings. The van der Waals surface area contributed by atoms with Gasteiger partial charge in [-0.3, -0.25) is 19.8 Å². The van der Waals surface area contributed by atoms with Crippen molar-refractivity contribution in [2.45, 2.75) is 13.3 Å². The third kappa shape index (κ3) is 1.21. The number of hydrogen-bond donors (Lipinski definition) is 1. The first kappa shape index (κ1) is 7.71. The predicted molar refractivity (Wildman–Crippen MR) is 34.8 cm³/mol. The number of carbonyl (C=O) groups excluding carboxylic acids is 3. The van der Waals surface area contributed by atoms with Crippen LogP contribution in [0.15, 0.2) is 0 Å². The molecular formula is C6H8N2O3. The zero-order valence-electron chi connectivity index (χ0n) is 6.03. The first-order valence-corrected chi connectivity index (χ1v) is 3.23. The van der Waals surface area contributed by atoms with E-state index < -0.39 is 0 Å². The van der Waals surface area contributed by atoms with E-state index in [2.05, 4.69) is 0 Å². The van der Waals surface area contributed by atoms with Crippen molar-refractivity contribution < 1.29 is 14.4 Å². The van der Waals surface area contributed by atoms with E-state index in [1.165, 1.54) is 0 Å². The van der Waals surface area contributed by atoms with Gasteiger partial charge < -0.3 is 0 Å². The number of nitrogens with zero attached hydrogens (tertiary/aromatic N) is 1. The van der Waals surface area contributed by atoms with E-state index in [1.807, 2.05) is 5.43 Å². The van der Waals surface area contributed by atoms with Gasteiger partial charge in [-0.15, -0.1) is 0 Å². The van der Waals surface area contributed by atoms with Crippen LogP contribution < -0.4 is 5.43 Å². The number of nitrogens with one attached hydrogen (secondary N) is 1. The highest BCUT2D eigenvalue weighted by molar-refractivity contribution is 6.03. The quantitative estimate of drug-likeness (QED) is 0.413. The van der Waals surface area contributed by atoms with Crippen molar-refractivity contribution in [3.8, 4) is 0 Å². The van der Waals surface area contributed by atoms with E-state index >= 15 is 0 Å². The summed E-state index contributed by atoms with van der Waals surface area (Å²) < 4.78 is 0. The summed E-state index contributed by atoms with van der Waals surface area (Å²) in [6.07, 6.45) is 0.494. The number of imide groups is 1. The molecule has 0 saturated carbocycles. The highest BCUT2D eigenvalue weighted by Crippen LogP contribution is 2.15. The van der Waals surface area contributed by atoms with Crippen molar-refractivity contribution in [1.29, 1.82) is 0 Å². The van der Waals surface area contributed by atoms with Crippen molar-refractivity contribution in [3.05, 3.63) is 0 Å². The lowest BCUT2D eigenvalue weighted by atomic mass is 10.1. The first-order chi connectivity index (χ1) is 5.16. The van der Waals surface area contributed by atoms with E-state index in [0.717, 1.165) is 5.01 Å². The van der Waals surface area contributed by atoms with Crippen LogP contribution in [0.1, 0.15) is 13.3 Å². The van der Waals surface area contributed by atoms with E-state index in [0.29, 0.717) is 6.41 Å². The summed E-state index contributed by atoms with van der Waals surface area (Å²) in [5.74, 6) is -1.01. The summed E-state index contributed by atoms with van der Waals surface area (Å²) in [4.78, 5) is 31.8. The second kappa shape index (κ2) is 2.69. The number of carbonyl (C=O) groups is 3. The predicted octanol–water partition coefficient (Wildman–Crippen LogP) is -0.958. The molecule has 11 heavy (non-hydrogen) atoms. The second-order valence-corrected chi connectivity index (χ2v) is 2.42. The maximum atomic E-state index is 11.0. The van der Waals surface area contributed by atoms with E-state index in [1.54, 1.807) is 6.92 Å². The Morgan fingerprint density at radius 2 is 2.27 bits per heavy atom. The third-order valence-electron chi connectivity index (χ3n) is 1.55. The zero-order valence-corrected chi connectivity index (χ0v) is 6.03. The third-order valence-corrected chi connectivity index (χ3v) is 1.55. The highest BCUT2D eigenvalue weighted by atomic mass is 16.2. The molecule has 1 unspecified atom stereocenters. The molecule has 1 rings (SSSR count). The van der Waals surface area contributed by atoms with Gasteiger partial charge in [0.2, 0.25) is 12.3 Å². The smallest absolute Gasteiger partial charge is 0.251 e. The van der Waals surface area contributed by atoms with Gasteiger partial charge in [-0.1, -0.05) is 6.92 Å². The largest absolute Gasteiger partial charge is 0.277 e. The van der Waals surface area contributed by atoms with Gasteiger partial charge in [0.15, 0.2) is 0 Å². The Balaban J connectivity index is 2.71. The van der Waals surface area contributed by atoms with Gasteiger partial charge in [-0.2, -0.15) is 5.01 Å². The number of hydrazine groups is 1. The summed E-state index contributed by atoms with van der Waals surface area (Å²) in [6, 6.07) is 0. The van der Waals surface area contributed by atoms with E-state index in [9.17, 15) is 14.4 Å². The molecule has 0 radical (unpaired) electrons. The molecule has 1 heterocycles. The summed E-state index contributed by atoms with van der Waals surface area (Å²) in [6.45, 7) is 1.65. The van der Waals surface area contributed by atoms with Crippen LogP contribution in [0.4, 0.5) is 0 Å². The van der Waals surface area contributed by atoms with Gasteiger partial charge in [0.25, 0.3) is 5.91 Å². The highest BCUT2D eigenvalue weighted by Gasteiger charge is 2.35. The molecule has 1 aliphatic heterocycles. The van der Waals surface area contributed by atoms with E-state index in [4.69, 9.17) is 0 Å². The average Bonchev–Trinajstić information content (AvgIpc) is 2.17. The lowest BCUT2D eigenvalue weighted by Gasteiger charge is -2.10. The van der Waals surface area contributed by atoms with Gasteiger partial charge in [0.05, 0.1) is 0 Å². The molecule has 5 heteroatoms. The van der Waals surface area contributed by atoms with Crippen LogP contribution in [0.25, 0.3) is 0 Å². The van der Waals surface area contributed by atoms with Gasteiger partial charge in [0.1, 0.15) is 0 Å². The molecule has 3 amide bonds. The molecule has 1 atom stereocenters. The van der Waals surface area contributed by atoms with Crippen molar-refractivity contribution in [3.63, 3.8) is 0 Å². The topological polar surface area (TPSA) is 66.5 Å². The number of amides is 3. The van der Waals surface area contributed by atoms with Crippen LogP contribution in [0.5, 0.6) is 0 Å². The molecule has 1 saturated heterocycles. The van der Waals surface area contributed by atoms with Crippen molar-refractivity contribution >= 4 is 18.2 Å².